The quantitative estimate of drug-likeness (QED) is 0.663. The molecule has 3 unspecified atom stereocenters. The van der Waals surface area contributed by atoms with E-state index in [2.05, 4.69) is 11.4 Å². The molecule has 0 radical (unpaired) electrons. The topological polar surface area (TPSA) is 35.8 Å². The van der Waals surface area contributed by atoms with Crippen molar-refractivity contribution in [2.24, 2.45) is 5.92 Å². The number of nitrogens with one attached hydrogen (secondary N) is 1. The lowest BCUT2D eigenvalue weighted by atomic mass is 9.85. The van der Waals surface area contributed by atoms with E-state index in [0.29, 0.717) is 12.0 Å². The predicted molar refractivity (Wildman–Crippen MR) is 47.4 cm³/mol. The zero-order valence-electron chi connectivity index (χ0n) is 7.42. The minimum atomic E-state index is -0.749. The van der Waals surface area contributed by atoms with Crippen LogP contribution in [0.4, 0.5) is 4.39 Å². The summed E-state index contributed by atoms with van der Waals surface area (Å²) in [5, 5.41) is 12.0. The molecule has 68 valence electrons. The minimum Gasteiger partial charge on any atom is -0.381 e. The fourth-order valence-electron chi connectivity index (χ4n) is 1.84. The number of nitriles is 1. The summed E-state index contributed by atoms with van der Waals surface area (Å²) in [6, 6.07) is 2.12. The van der Waals surface area contributed by atoms with Crippen LogP contribution in [0.25, 0.3) is 0 Å². The number of hydrogen-bond donors (Lipinski definition) is 1. The molecular weight excluding hydrogens is 167 g/mol. The Morgan fingerprint density at radius 2 is 2.46 bits per heavy atom. The van der Waals surface area contributed by atoms with Crippen molar-refractivity contribution in [1.82, 2.24) is 5.32 Å². The highest BCUT2D eigenvalue weighted by Gasteiger charge is 2.53. The average molecular weight is 178 g/mol. The standard InChI is InChI=1S/C10H11FN2/c1-10(8-5-9(8)11)7(6-12)3-2-4-13-10/h2-4,8-9,13H,5H2,1H3. The van der Waals surface area contributed by atoms with E-state index in [1.807, 2.05) is 6.92 Å². The van der Waals surface area contributed by atoms with Crippen LogP contribution in [0.5, 0.6) is 0 Å². The zero-order chi connectivity index (χ0) is 9.47. The molecular formula is C10H11FN2. The molecule has 2 aliphatic rings. The SMILES string of the molecule is CC1(C2CC2F)NC=CC=C1C#N. The van der Waals surface area contributed by atoms with Crippen LogP contribution in [-0.2, 0) is 0 Å². The predicted octanol–water partition coefficient (Wildman–Crippen LogP) is 1.67. The van der Waals surface area contributed by atoms with Crippen LogP contribution in [0, 0.1) is 17.2 Å². The van der Waals surface area contributed by atoms with Crippen LogP contribution in [0.3, 0.4) is 0 Å². The van der Waals surface area contributed by atoms with Gasteiger partial charge < -0.3 is 5.32 Å². The molecule has 0 spiro atoms. The summed E-state index contributed by atoms with van der Waals surface area (Å²) < 4.78 is 12.9. The molecule has 1 heterocycles. The number of allylic oxidation sites excluding steroid dienone is 2. The first-order valence-electron chi connectivity index (χ1n) is 4.37. The van der Waals surface area contributed by atoms with Crippen molar-refractivity contribution in [1.29, 1.82) is 5.26 Å². The Bertz CT molecular complexity index is 326. The van der Waals surface area contributed by atoms with E-state index < -0.39 is 11.7 Å². The molecule has 1 fully saturated rings. The largest absolute Gasteiger partial charge is 0.381 e. The van der Waals surface area contributed by atoms with Crippen molar-refractivity contribution in [3.8, 4) is 6.07 Å². The summed E-state index contributed by atoms with van der Waals surface area (Å²) in [5.41, 5.74) is 0.142. The van der Waals surface area contributed by atoms with Gasteiger partial charge in [0.2, 0.25) is 0 Å². The van der Waals surface area contributed by atoms with E-state index in [9.17, 15) is 4.39 Å². The molecule has 0 aromatic rings. The fraction of sp³-hybridized carbons (Fsp3) is 0.500. The van der Waals surface area contributed by atoms with Crippen molar-refractivity contribution in [3.63, 3.8) is 0 Å². The van der Waals surface area contributed by atoms with Crippen molar-refractivity contribution < 1.29 is 4.39 Å². The molecule has 13 heavy (non-hydrogen) atoms. The Balaban J connectivity index is 2.28. The highest BCUT2D eigenvalue weighted by atomic mass is 19.1. The summed E-state index contributed by atoms with van der Waals surface area (Å²) in [6.45, 7) is 1.88. The van der Waals surface area contributed by atoms with Crippen LogP contribution in [0.15, 0.2) is 23.9 Å². The molecule has 0 aromatic heterocycles. The molecule has 3 atom stereocenters. The fourth-order valence-corrected chi connectivity index (χ4v) is 1.84. The highest BCUT2D eigenvalue weighted by molar-refractivity contribution is 5.41. The lowest BCUT2D eigenvalue weighted by Crippen LogP contribution is -2.45. The van der Waals surface area contributed by atoms with Gasteiger partial charge in [-0.1, -0.05) is 0 Å². The van der Waals surface area contributed by atoms with Gasteiger partial charge in [0.25, 0.3) is 0 Å². The van der Waals surface area contributed by atoms with Gasteiger partial charge in [-0.25, -0.2) is 4.39 Å². The Labute approximate surface area is 76.7 Å². The zero-order valence-corrected chi connectivity index (χ0v) is 7.42. The third-order valence-corrected chi connectivity index (χ3v) is 2.88. The molecule has 0 bridgehead atoms. The summed E-state index contributed by atoms with van der Waals surface area (Å²) in [4.78, 5) is 0. The van der Waals surface area contributed by atoms with Gasteiger partial charge in [0, 0.05) is 5.92 Å². The molecule has 2 nitrogen and oxygen atoms in total. The molecule has 0 amide bonds. The van der Waals surface area contributed by atoms with Gasteiger partial charge in [-0.2, -0.15) is 5.26 Å². The van der Waals surface area contributed by atoms with E-state index in [1.165, 1.54) is 0 Å². The second-order valence-corrected chi connectivity index (χ2v) is 3.76. The highest BCUT2D eigenvalue weighted by Crippen LogP contribution is 2.46. The maximum Gasteiger partial charge on any atom is 0.106 e. The first-order valence-corrected chi connectivity index (χ1v) is 4.37. The molecule has 1 aliphatic carbocycles. The first-order chi connectivity index (χ1) is 6.18. The van der Waals surface area contributed by atoms with E-state index in [4.69, 9.17) is 5.26 Å². The molecule has 0 saturated heterocycles. The van der Waals surface area contributed by atoms with Crippen molar-refractivity contribution in [2.45, 2.75) is 25.1 Å². The number of alkyl halides is 1. The summed E-state index contributed by atoms with van der Waals surface area (Å²) >= 11 is 0. The Morgan fingerprint density at radius 3 is 3.00 bits per heavy atom. The van der Waals surface area contributed by atoms with Crippen LogP contribution in [-0.4, -0.2) is 11.7 Å². The van der Waals surface area contributed by atoms with Crippen molar-refractivity contribution >= 4 is 0 Å². The second-order valence-electron chi connectivity index (χ2n) is 3.76. The number of hydrogen-bond acceptors (Lipinski definition) is 2. The van der Waals surface area contributed by atoms with E-state index >= 15 is 0 Å². The number of dihydropyridines is 1. The van der Waals surface area contributed by atoms with Crippen LogP contribution >= 0.6 is 0 Å². The van der Waals surface area contributed by atoms with Gasteiger partial charge in [-0.15, -0.1) is 0 Å². The minimum absolute atomic E-state index is 0.0386. The third kappa shape index (κ3) is 1.14. The van der Waals surface area contributed by atoms with Crippen LogP contribution in [0.2, 0.25) is 0 Å². The van der Waals surface area contributed by atoms with Gasteiger partial charge in [-0.05, 0) is 31.7 Å². The normalized spacial score (nSPS) is 41.8. The number of rotatable bonds is 1. The average Bonchev–Trinajstić information content (AvgIpc) is 2.84. The monoisotopic (exact) mass is 178 g/mol. The molecule has 2 rings (SSSR count). The summed E-state index contributed by atoms with van der Waals surface area (Å²) in [7, 11) is 0. The Morgan fingerprint density at radius 1 is 1.77 bits per heavy atom. The van der Waals surface area contributed by atoms with Gasteiger partial charge >= 0.3 is 0 Å². The van der Waals surface area contributed by atoms with Gasteiger partial charge in [0.05, 0.1) is 17.2 Å². The molecule has 1 N–H and O–H groups in total. The lowest BCUT2D eigenvalue weighted by Gasteiger charge is -2.31. The first kappa shape index (κ1) is 8.31. The van der Waals surface area contributed by atoms with Gasteiger partial charge in [-0.3, -0.25) is 0 Å². The maximum atomic E-state index is 12.9. The Kier molecular flexibility index (Phi) is 1.66. The Hall–Kier alpha value is -1.30. The van der Waals surface area contributed by atoms with Gasteiger partial charge in [0.15, 0.2) is 0 Å². The summed E-state index contributed by atoms with van der Waals surface area (Å²) in [6.07, 6.45) is 5.11. The smallest absolute Gasteiger partial charge is 0.106 e. The lowest BCUT2D eigenvalue weighted by molar-refractivity contribution is 0.348. The molecule has 1 aliphatic heterocycles. The molecule has 1 saturated carbocycles. The van der Waals surface area contributed by atoms with Crippen LogP contribution in [0.1, 0.15) is 13.3 Å². The second kappa shape index (κ2) is 2.59. The van der Waals surface area contributed by atoms with Gasteiger partial charge in [0.1, 0.15) is 6.17 Å². The maximum absolute atomic E-state index is 12.9. The van der Waals surface area contributed by atoms with E-state index in [1.54, 1.807) is 18.4 Å². The van der Waals surface area contributed by atoms with Crippen molar-refractivity contribution in [3.05, 3.63) is 23.9 Å². The number of nitrogens with zero attached hydrogens (tertiary/aromatic N) is 1. The molecule has 0 aromatic carbocycles. The summed E-state index contributed by atoms with van der Waals surface area (Å²) in [5.74, 6) is -0.0386. The van der Waals surface area contributed by atoms with E-state index in [-0.39, 0.29) is 5.92 Å². The third-order valence-electron chi connectivity index (χ3n) is 2.88. The van der Waals surface area contributed by atoms with Crippen LogP contribution < -0.4 is 5.32 Å². The molecule has 3 heteroatoms. The van der Waals surface area contributed by atoms with E-state index in [0.717, 1.165) is 0 Å². The van der Waals surface area contributed by atoms with Crippen molar-refractivity contribution in [2.75, 3.05) is 0 Å². The number of halogens is 1.